The number of nitrogen functional groups attached to an aromatic ring is 1. The van der Waals surface area contributed by atoms with E-state index in [0.717, 1.165) is 6.54 Å². The van der Waals surface area contributed by atoms with Gasteiger partial charge < -0.3 is 10.6 Å². The second kappa shape index (κ2) is 7.33. The fourth-order valence-electron chi connectivity index (χ4n) is 1.45. The largest absolute Gasteiger partial charge is 0.384 e. The summed E-state index contributed by atoms with van der Waals surface area (Å²) >= 11 is 0. The van der Waals surface area contributed by atoms with Crippen LogP contribution in [-0.2, 0) is 0 Å². The summed E-state index contributed by atoms with van der Waals surface area (Å²) in [6.07, 6.45) is 9.96. The van der Waals surface area contributed by atoms with Crippen molar-refractivity contribution in [3.63, 3.8) is 0 Å². The molecule has 1 aromatic heterocycles. The molecule has 0 aromatic carbocycles. The Morgan fingerprint density at radius 1 is 1.44 bits per heavy atom. The van der Waals surface area contributed by atoms with Crippen LogP contribution >= 0.6 is 0 Å². The van der Waals surface area contributed by atoms with E-state index in [1.54, 1.807) is 12.3 Å². The Balaban J connectivity index is 0.000000199. The molecule has 0 aliphatic carbocycles. The predicted octanol–water partition coefficient (Wildman–Crippen LogP) is 3.00. The third kappa shape index (κ3) is 4.87. The van der Waals surface area contributed by atoms with Gasteiger partial charge in [0.15, 0.2) is 0 Å². The molecule has 0 radical (unpaired) electrons. The summed E-state index contributed by atoms with van der Waals surface area (Å²) in [4.78, 5) is 6.05. The molecule has 0 spiro atoms. The molecule has 96 valence electrons. The molecule has 2 rings (SSSR count). The van der Waals surface area contributed by atoms with Crippen LogP contribution in [0, 0.1) is 0 Å². The number of hydrogen-bond donors (Lipinski definition) is 1. The summed E-state index contributed by atoms with van der Waals surface area (Å²) in [5.74, 6) is 0.572. The molecule has 2 heterocycles. The van der Waals surface area contributed by atoms with Gasteiger partial charge in [0.05, 0.1) is 0 Å². The minimum Gasteiger partial charge on any atom is -0.384 e. The zero-order valence-electron chi connectivity index (χ0n) is 11.1. The van der Waals surface area contributed by atoms with Crippen molar-refractivity contribution in [2.24, 2.45) is 0 Å². The van der Waals surface area contributed by atoms with Gasteiger partial charge in [0.1, 0.15) is 5.82 Å². The average molecular weight is 243 g/mol. The van der Waals surface area contributed by atoms with Gasteiger partial charge in [-0.25, -0.2) is 4.98 Å². The summed E-state index contributed by atoms with van der Waals surface area (Å²) in [6, 6.07) is 6.01. The van der Waals surface area contributed by atoms with E-state index in [-0.39, 0.29) is 0 Å². The maximum Gasteiger partial charge on any atom is 0.123 e. The van der Waals surface area contributed by atoms with Gasteiger partial charge in [-0.15, -0.1) is 0 Å². The maximum absolute atomic E-state index is 5.25. The van der Waals surface area contributed by atoms with Crippen LogP contribution in [0.15, 0.2) is 61.0 Å². The molecule has 0 saturated carbocycles. The average Bonchev–Trinajstić information content (AvgIpc) is 2.40. The molecule has 3 heteroatoms. The maximum atomic E-state index is 5.25. The number of pyridine rings is 1. The van der Waals surface area contributed by atoms with Gasteiger partial charge >= 0.3 is 0 Å². The molecular weight excluding hydrogens is 222 g/mol. The van der Waals surface area contributed by atoms with E-state index in [1.807, 2.05) is 18.2 Å². The molecule has 1 aromatic rings. The quantitative estimate of drug-likeness (QED) is 0.868. The van der Waals surface area contributed by atoms with E-state index in [4.69, 9.17) is 5.73 Å². The third-order valence-electron chi connectivity index (χ3n) is 2.53. The molecule has 1 aliphatic heterocycles. The van der Waals surface area contributed by atoms with E-state index < -0.39 is 0 Å². The second-order valence-electron chi connectivity index (χ2n) is 4.28. The highest BCUT2D eigenvalue weighted by molar-refractivity contribution is 5.31. The molecule has 0 amide bonds. The van der Waals surface area contributed by atoms with E-state index in [2.05, 4.69) is 48.7 Å². The second-order valence-corrected chi connectivity index (χ2v) is 4.28. The van der Waals surface area contributed by atoms with E-state index >= 15 is 0 Å². The first-order valence-electron chi connectivity index (χ1n) is 6.06. The van der Waals surface area contributed by atoms with Crippen molar-refractivity contribution in [3.8, 4) is 0 Å². The first kappa shape index (κ1) is 14.0. The Morgan fingerprint density at radius 2 is 2.22 bits per heavy atom. The lowest BCUT2D eigenvalue weighted by atomic mass is 10.2. The van der Waals surface area contributed by atoms with Gasteiger partial charge in [0.2, 0.25) is 0 Å². The summed E-state index contributed by atoms with van der Waals surface area (Å²) in [5, 5.41) is 0. The van der Waals surface area contributed by atoms with Crippen molar-refractivity contribution < 1.29 is 0 Å². The van der Waals surface area contributed by atoms with Crippen LogP contribution in [0.3, 0.4) is 0 Å². The normalized spacial score (nSPS) is 13.7. The Labute approximate surface area is 109 Å². The Morgan fingerprint density at radius 3 is 2.67 bits per heavy atom. The van der Waals surface area contributed by atoms with Crippen LogP contribution in [0.5, 0.6) is 0 Å². The smallest absolute Gasteiger partial charge is 0.123 e. The van der Waals surface area contributed by atoms with Crippen LogP contribution < -0.4 is 5.73 Å². The van der Waals surface area contributed by atoms with Crippen molar-refractivity contribution in [2.45, 2.75) is 19.9 Å². The number of anilines is 1. The first-order chi connectivity index (χ1) is 8.63. The standard InChI is InChI=1S/C10H15N.C5H6N2/c1-4-10-6-5-7-11(8-10)9(2)3;6-5-3-1-2-4-7-5/h4-6,8-9H,1,7H2,2-3H3;1-4H,(H2,6,7). The molecule has 0 fully saturated rings. The zero-order chi connectivity index (χ0) is 13.4. The molecule has 0 saturated heterocycles. The number of hydrogen-bond acceptors (Lipinski definition) is 3. The van der Waals surface area contributed by atoms with Crippen molar-refractivity contribution in [3.05, 3.63) is 61.0 Å². The summed E-state index contributed by atoms with van der Waals surface area (Å²) in [5.41, 5.74) is 6.45. The van der Waals surface area contributed by atoms with Crippen LogP contribution in [0.25, 0.3) is 0 Å². The SMILES string of the molecule is C=CC1=CN(C(C)C)CC=C1.Nc1ccccn1. The Bertz CT molecular complexity index is 419. The molecule has 2 N–H and O–H groups in total. The number of nitrogens with zero attached hydrogens (tertiary/aromatic N) is 2. The summed E-state index contributed by atoms with van der Waals surface area (Å²) in [7, 11) is 0. The zero-order valence-corrected chi connectivity index (χ0v) is 11.1. The number of rotatable bonds is 2. The molecule has 0 bridgehead atoms. The van der Waals surface area contributed by atoms with Crippen LogP contribution in [-0.4, -0.2) is 22.5 Å². The highest BCUT2D eigenvalue weighted by atomic mass is 15.1. The van der Waals surface area contributed by atoms with Crippen molar-refractivity contribution in [2.75, 3.05) is 12.3 Å². The van der Waals surface area contributed by atoms with Gasteiger partial charge in [-0.2, -0.15) is 0 Å². The molecule has 1 aliphatic rings. The Hall–Kier alpha value is -2.03. The van der Waals surface area contributed by atoms with Crippen LogP contribution in [0.1, 0.15) is 13.8 Å². The number of aromatic nitrogens is 1. The van der Waals surface area contributed by atoms with Crippen LogP contribution in [0.2, 0.25) is 0 Å². The topological polar surface area (TPSA) is 42.1 Å². The molecule has 0 unspecified atom stereocenters. The minimum atomic E-state index is 0.572. The van der Waals surface area contributed by atoms with Crippen LogP contribution in [0.4, 0.5) is 5.82 Å². The fraction of sp³-hybridized carbons (Fsp3) is 0.267. The van der Waals surface area contributed by atoms with E-state index in [9.17, 15) is 0 Å². The van der Waals surface area contributed by atoms with E-state index in [0.29, 0.717) is 11.9 Å². The lowest BCUT2D eigenvalue weighted by Gasteiger charge is -2.26. The number of allylic oxidation sites excluding steroid dienone is 3. The molecule has 18 heavy (non-hydrogen) atoms. The van der Waals surface area contributed by atoms with Crippen molar-refractivity contribution in [1.29, 1.82) is 0 Å². The highest BCUT2D eigenvalue weighted by Crippen LogP contribution is 2.10. The summed E-state index contributed by atoms with van der Waals surface area (Å²) < 4.78 is 0. The lowest BCUT2D eigenvalue weighted by molar-refractivity contribution is 0.338. The fourth-order valence-corrected chi connectivity index (χ4v) is 1.45. The van der Waals surface area contributed by atoms with Gasteiger partial charge in [0.25, 0.3) is 0 Å². The minimum absolute atomic E-state index is 0.572. The molecule has 0 atom stereocenters. The number of nitrogens with two attached hydrogens (primary N) is 1. The van der Waals surface area contributed by atoms with Gasteiger partial charge in [-0.05, 0) is 31.6 Å². The Kier molecular flexibility index (Phi) is 5.71. The predicted molar refractivity (Wildman–Crippen MR) is 77.9 cm³/mol. The molecule has 3 nitrogen and oxygen atoms in total. The van der Waals surface area contributed by atoms with E-state index in [1.165, 1.54) is 5.57 Å². The van der Waals surface area contributed by atoms with Gasteiger partial charge in [-0.1, -0.05) is 30.9 Å². The lowest BCUT2D eigenvalue weighted by Crippen LogP contribution is -2.27. The third-order valence-corrected chi connectivity index (χ3v) is 2.53. The van der Waals surface area contributed by atoms with Crippen molar-refractivity contribution >= 4 is 5.82 Å². The first-order valence-corrected chi connectivity index (χ1v) is 6.06. The van der Waals surface area contributed by atoms with Gasteiger partial charge in [0, 0.05) is 25.0 Å². The highest BCUT2D eigenvalue weighted by Gasteiger charge is 2.05. The monoisotopic (exact) mass is 243 g/mol. The summed E-state index contributed by atoms with van der Waals surface area (Å²) in [6.45, 7) is 9.14. The van der Waals surface area contributed by atoms with Gasteiger partial charge in [-0.3, -0.25) is 0 Å². The molecular formula is C15H21N3. The van der Waals surface area contributed by atoms with Crippen molar-refractivity contribution in [1.82, 2.24) is 9.88 Å².